The molecule has 2 atom stereocenters. The van der Waals surface area contributed by atoms with Gasteiger partial charge in [0.15, 0.2) is 0 Å². The fourth-order valence-electron chi connectivity index (χ4n) is 3.07. The first-order chi connectivity index (χ1) is 9.49. The van der Waals surface area contributed by atoms with E-state index in [0.29, 0.717) is 12.5 Å². The largest absolute Gasteiger partial charge is 0.481 e. The minimum absolute atomic E-state index is 0.0484. The van der Waals surface area contributed by atoms with Crippen molar-refractivity contribution in [2.45, 2.75) is 71.4 Å². The van der Waals surface area contributed by atoms with E-state index in [4.69, 9.17) is 5.11 Å². The fourth-order valence-corrected chi connectivity index (χ4v) is 3.07. The van der Waals surface area contributed by atoms with Gasteiger partial charge >= 0.3 is 12.0 Å². The van der Waals surface area contributed by atoms with Crippen molar-refractivity contribution in [2.24, 2.45) is 5.92 Å². The van der Waals surface area contributed by atoms with Crippen LogP contribution in [0.4, 0.5) is 4.79 Å². The molecule has 0 aromatic carbocycles. The van der Waals surface area contributed by atoms with E-state index in [-0.39, 0.29) is 24.5 Å². The lowest BCUT2D eigenvalue weighted by molar-refractivity contribution is -0.138. The van der Waals surface area contributed by atoms with Crippen LogP contribution in [0.3, 0.4) is 0 Å². The number of piperidine rings is 1. The van der Waals surface area contributed by atoms with E-state index in [2.05, 4.69) is 19.2 Å². The highest BCUT2D eigenvalue weighted by Crippen LogP contribution is 2.20. The second kappa shape index (κ2) is 8.12. The summed E-state index contributed by atoms with van der Waals surface area (Å²) in [5, 5.41) is 12.0. The summed E-state index contributed by atoms with van der Waals surface area (Å²) >= 11 is 0. The van der Waals surface area contributed by atoms with Crippen molar-refractivity contribution < 1.29 is 14.7 Å². The van der Waals surface area contributed by atoms with Crippen LogP contribution in [0.2, 0.25) is 0 Å². The molecule has 1 aliphatic rings. The molecule has 116 valence electrons. The number of amides is 2. The Morgan fingerprint density at radius 2 is 1.95 bits per heavy atom. The zero-order valence-electron chi connectivity index (χ0n) is 12.9. The van der Waals surface area contributed by atoms with Crippen molar-refractivity contribution in [3.63, 3.8) is 0 Å². The molecule has 2 amide bonds. The van der Waals surface area contributed by atoms with Crippen LogP contribution in [0, 0.1) is 5.92 Å². The average Bonchev–Trinajstić information content (AvgIpc) is 2.39. The normalized spacial score (nSPS) is 20.8. The predicted octanol–water partition coefficient (Wildman–Crippen LogP) is 2.85. The smallest absolute Gasteiger partial charge is 0.317 e. The first-order valence-electron chi connectivity index (χ1n) is 7.78. The van der Waals surface area contributed by atoms with Crippen molar-refractivity contribution in [3.8, 4) is 0 Å². The van der Waals surface area contributed by atoms with Gasteiger partial charge in [-0.2, -0.15) is 0 Å². The summed E-state index contributed by atoms with van der Waals surface area (Å²) in [5.41, 5.74) is 0. The lowest BCUT2D eigenvalue weighted by atomic mass is 9.95. The van der Waals surface area contributed by atoms with Crippen LogP contribution in [-0.4, -0.2) is 40.6 Å². The molecule has 1 aliphatic heterocycles. The minimum atomic E-state index is -0.831. The third kappa shape index (κ3) is 4.69. The second-order valence-corrected chi connectivity index (χ2v) is 5.76. The lowest BCUT2D eigenvalue weighted by Gasteiger charge is -2.36. The van der Waals surface area contributed by atoms with Crippen LogP contribution >= 0.6 is 0 Å². The number of rotatable bonds is 6. The van der Waals surface area contributed by atoms with Gasteiger partial charge in [-0.25, -0.2) is 4.79 Å². The first-order valence-corrected chi connectivity index (χ1v) is 7.78. The van der Waals surface area contributed by atoms with E-state index < -0.39 is 5.97 Å². The van der Waals surface area contributed by atoms with Crippen LogP contribution in [0.15, 0.2) is 0 Å². The summed E-state index contributed by atoms with van der Waals surface area (Å²) in [6.07, 6.45) is 4.88. The van der Waals surface area contributed by atoms with Gasteiger partial charge in [-0.05, 0) is 32.1 Å². The number of aliphatic carboxylic acids is 1. The van der Waals surface area contributed by atoms with E-state index in [1.807, 2.05) is 6.92 Å². The Labute approximate surface area is 121 Å². The number of likely N-dealkylation sites (tertiary alicyclic amines) is 1. The Morgan fingerprint density at radius 1 is 1.30 bits per heavy atom. The Morgan fingerprint density at radius 3 is 2.50 bits per heavy atom. The molecular formula is C15H28N2O3. The van der Waals surface area contributed by atoms with Gasteiger partial charge in [0.25, 0.3) is 0 Å². The van der Waals surface area contributed by atoms with Crippen LogP contribution in [0.5, 0.6) is 0 Å². The number of nitrogens with zero attached hydrogens (tertiary/aromatic N) is 1. The maximum Gasteiger partial charge on any atom is 0.317 e. The highest BCUT2D eigenvalue weighted by atomic mass is 16.4. The monoisotopic (exact) mass is 284 g/mol. The molecule has 0 aliphatic carbocycles. The lowest BCUT2D eigenvalue weighted by Crippen LogP contribution is -2.52. The molecule has 1 fully saturated rings. The summed E-state index contributed by atoms with van der Waals surface area (Å²) in [5.74, 6) is -0.357. The molecule has 1 saturated heterocycles. The molecule has 0 aromatic heterocycles. The Bertz CT molecular complexity index is 329. The maximum atomic E-state index is 12.4. The number of hydrogen-bond acceptors (Lipinski definition) is 2. The van der Waals surface area contributed by atoms with E-state index >= 15 is 0 Å². The number of nitrogens with one attached hydrogen (secondary N) is 1. The van der Waals surface area contributed by atoms with Gasteiger partial charge in [-0.15, -0.1) is 0 Å². The Balaban J connectivity index is 2.60. The number of carboxylic acid groups (broad SMARTS) is 1. The fraction of sp³-hybridized carbons (Fsp3) is 0.867. The zero-order chi connectivity index (χ0) is 15.1. The summed E-state index contributed by atoms with van der Waals surface area (Å²) in [7, 11) is 0. The van der Waals surface area contributed by atoms with Gasteiger partial charge in [0, 0.05) is 18.6 Å². The van der Waals surface area contributed by atoms with Crippen molar-refractivity contribution in [3.05, 3.63) is 0 Å². The number of carbonyl (C=O) groups excluding carboxylic acids is 1. The van der Waals surface area contributed by atoms with Crippen molar-refractivity contribution >= 4 is 12.0 Å². The van der Waals surface area contributed by atoms with Gasteiger partial charge in [-0.1, -0.05) is 26.7 Å². The SMILES string of the molecule is CCC(CC)C(C)NC(=O)N1CCCCC1CC(=O)O. The third-order valence-electron chi connectivity index (χ3n) is 4.41. The molecule has 0 saturated carbocycles. The van der Waals surface area contributed by atoms with E-state index in [1.54, 1.807) is 4.90 Å². The molecule has 1 rings (SSSR count). The summed E-state index contributed by atoms with van der Waals surface area (Å²) in [6.45, 7) is 6.96. The topological polar surface area (TPSA) is 69.6 Å². The minimum Gasteiger partial charge on any atom is -0.481 e. The highest BCUT2D eigenvalue weighted by molar-refractivity contribution is 5.76. The Hall–Kier alpha value is -1.26. The summed E-state index contributed by atoms with van der Waals surface area (Å²) in [6, 6.07) is -0.129. The molecule has 0 radical (unpaired) electrons. The van der Waals surface area contributed by atoms with Crippen molar-refractivity contribution in [1.29, 1.82) is 0 Å². The van der Waals surface area contributed by atoms with Crippen LogP contribution in [0.25, 0.3) is 0 Å². The van der Waals surface area contributed by atoms with Crippen LogP contribution in [0.1, 0.15) is 59.3 Å². The zero-order valence-corrected chi connectivity index (χ0v) is 12.9. The number of carboxylic acids is 1. The van der Waals surface area contributed by atoms with Crippen LogP contribution < -0.4 is 5.32 Å². The highest BCUT2D eigenvalue weighted by Gasteiger charge is 2.29. The molecule has 2 unspecified atom stereocenters. The molecule has 5 heteroatoms. The second-order valence-electron chi connectivity index (χ2n) is 5.76. The predicted molar refractivity (Wildman–Crippen MR) is 78.7 cm³/mol. The first kappa shape index (κ1) is 16.8. The number of carbonyl (C=O) groups is 2. The van der Waals surface area contributed by atoms with Crippen molar-refractivity contribution in [1.82, 2.24) is 10.2 Å². The summed E-state index contributed by atoms with van der Waals surface area (Å²) in [4.78, 5) is 25.0. The van der Waals surface area contributed by atoms with Gasteiger partial charge < -0.3 is 15.3 Å². The molecule has 0 spiro atoms. The quantitative estimate of drug-likeness (QED) is 0.788. The molecule has 5 nitrogen and oxygen atoms in total. The molecule has 0 bridgehead atoms. The van der Waals surface area contributed by atoms with Crippen molar-refractivity contribution in [2.75, 3.05) is 6.54 Å². The molecule has 1 heterocycles. The van der Waals surface area contributed by atoms with E-state index in [1.165, 1.54) is 0 Å². The van der Waals surface area contributed by atoms with Gasteiger partial charge in [0.1, 0.15) is 0 Å². The Kier molecular flexibility index (Phi) is 6.82. The molecule has 2 N–H and O–H groups in total. The van der Waals surface area contributed by atoms with E-state index in [9.17, 15) is 9.59 Å². The van der Waals surface area contributed by atoms with Gasteiger partial charge in [-0.3, -0.25) is 4.79 Å². The number of urea groups is 1. The molecule has 0 aromatic rings. The van der Waals surface area contributed by atoms with Gasteiger partial charge in [0.05, 0.1) is 6.42 Å². The standard InChI is InChI=1S/C15H28N2O3/c1-4-12(5-2)11(3)16-15(20)17-9-7-6-8-13(17)10-14(18)19/h11-13H,4-10H2,1-3H3,(H,16,20)(H,18,19). The third-order valence-corrected chi connectivity index (χ3v) is 4.41. The van der Waals surface area contributed by atoms with Gasteiger partial charge in [0.2, 0.25) is 0 Å². The van der Waals surface area contributed by atoms with E-state index in [0.717, 1.165) is 32.1 Å². The maximum absolute atomic E-state index is 12.4. The number of hydrogen-bond donors (Lipinski definition) is 2. The molecular weight excluding hydrogens is 256 g/mol. The molecule has 20 heavy (non-hydrogen) atoms. The van der Waals surface area contributed by atoms with Crippen LogP contribution in [-0.2, 0) is 4.79 Å². The average molecular weight is 284 g/mol. The summed E-state index contributed by atoms with van der Waals surface area (Å²) < 4.78 is 0.